The SMILES string of the molecule is CCOc1cc2c(cc1CNC(=O)CNC(=O)c1ccc(OC(C)C)cc1)OC(C)C2. The summed E-state index contributed by atoms with van der Waals surface area (Å²) >= 11 is 0. The van der Waals surface area contributed by atoms with Crippen LogP contribution in [-0.2, 0) is 17.8 Å². The molecule has 7 heteroatoms. The van der Waals surface area contributed by atoms with E-state index in [0.29, 0.717) is 17.9 Å². The Morgan fingerprint density at radius 2 is 1.90 bits per heavy atom. The summed E-state index contributed by atoms with van der Waals surface area (Å²) in [7, 11) is 0. The van der Waals surface area contributed by atoms with Crippen LogP contribution in [0.15, 0.2) is 36.4 Å². The highest BCUT2D eigenvalue weighted by atomic mass is 16.5. The summed E-state index contributed by atoms with van der Waals surface area (Å²) in [4.78, 5) is 24.6. The number of carbonyl (C=O) groups excluding carboxylic acids is 2. The zero-order valence-electron chi connectivity index (χ0n) is 18.5. The van der Waals surface area contributed by atoms with Gasteiger partial charge in [0, 0.05) is 29.7 Å². The summed E-state index contributed by atoms with van der Waals surface area (Å²) in [6, 6.07) is 10.7. The van der Waals surface area contributed by atoms with Crippen LogP contribution in [0.4, 0.5) is 0 Å². The van der Waals surface area contributed by atoms with E-state index < -0.39 is 0 Å². The molecule has 0 saturated heterocycles. The number of rotatable bonds is 9. The van der Waals surface area contributed by atoms with Gasteiger partial charge in [-0.15, -0.1) is 0 Å². The third kappa shape index (κ3) is 6.13. The smallest absolute Gasteiger partial charge is 0.251 e. The normalized spacial score (nSPS) is 14.5. The van der Waals surface area contributed by atoms with Crippen molar-refractivity contribution in [3.05, 3.63) is 53.1 Å². The van der Waals surface area contributed by atoms with Crippen LogP contribution in [0.3, 0.4) is 0 Å². The molecule has 3 rings (SSSR count). The maximum Gasteiger partial charge on any atom is 0.251 e. The molecule has 0 bridgehead atoms. The zero-order valence-corrected chi connectivity index (χ0v) is 18.5. The zero-order chi connectivity index (χ0) is 22.4. The highest BCUT2D eigenvalue weighted by Crippen LogP contribution is 2.35. The number of nitrogens with one attached hydrogen (secondary N) is 2. The first-order chi connectivity index (χ1) is 14.9. The predicted molar refractivity (Wildman–Crippen MR) is 118 cm³/mol. The van der Waals surface area contributed by atoms with Crippen molar-refractivity contribution in [3.63, 3.8) is 0 Å². The second-order valence-electron chi connectivity index (χ2n) is 7.78. The molecule has 0 spiro atoms. The maximum atomic E-state index is 12.3. The average Bonchev–Trinajstić information content (AvgIpc) is 3.09. The molecule has 0 saturated carbocycles. The Labute approximate surface area is 183 Å². The van der Waals surface area contributed by atoms with Crippen LogP contribution in [0.2, 0.25) is 0 Å². The van der Waals surface area contributed by atoms with Gasteiger partial charge in [0.15, 0.2) is 0 Å². The Balaban J connectivity index is 1.52. The summed E-state index contributed by atoms with van der Waals surface area (Å²) in [5.74, 6) is 1.67. The van der Waals surface area contributed by atoms with Gasteiger partial charge in [0.2, 0.25) is 5.91 Å². The van der Waals surface area contributed by atoms with Gasteiger partial charge in [0.25, 0.3) is 5.91 Å². The van der Waals surface area contributed by atoms with Crippen molar-refractivity contribution in [2.24, 2.45) is 0 Å². The second kappa shape index (κ2) is 10.2. The third-order valence-electron chi connectivity index (χ3n) is 4.75. The number of carbonyl (C=O) groups is 2. The van der Waals surface area contributed by atoms with Gasteiger partial charge in [-0.05, 0) is 64.1 Å². The second-order valence-corrected chi connectivity index (χ2v) is 7.78. The standard InChI is InChI=1S/C24H30N2O5/c1-5-29-21-11-18-10-16(4)31-22(18)12-19(21)13-25-23(27)14-26-24(28)17-6-8-20(9-7-17)30-15(2)3/h6-9,11-12,15-16H,5,10,13-14H2,1-4H3,(H,25,27)(H,26,28). The molecule has 2 N–H and O–H groups in total. The van der Waals surface area contributed by atoms with Crippen LogP contribution in [0, 0.1) is 0 Å². The first-order valence-corrected chi connectivity index (χ1v) is 10.6. The van der Waals surface area contributed by atoms with E-state index >= 15 is 0 Å². The van der Waals surface area contributed by atoms with Gasteiger partial charge in [0.1, 0.15) is 23.4 Å². The van der Waals surface area contributed by atoms with Crippen LogP contribution in [0.5, 0.6) is 17.2 Å². The van der Waals surface area contributed by atoms with E-state index in [2.05, 4.69) is 10.6 Å². The highest BCUT2D eigenvalue weighted by Gasteiger charge is 2.22. The Morgan fingerprint density at radius 1 is 1.16 bits per heavy atom. The Hall–Kier alpha value is -3.22. The molecule has 0 fully saturated rings. The first kappa shape index (κ1) is 22.5. The molecule has 7 nitrogen and oxygen atoms in total. The summed E-state index contributed by atoms with van der Waals surface area (Å²) < 4.78 is 17.1. The fourth-order valence-corrected chi connectivity index (χ4v) is 3.39. The van der Waals surface area contributed by atoms with E-state index in [0.717, 1.165) is 29.0 Å². The van der Waals surface area contributed by atoms with Gasteiger partial charge < -0.3 is 24.8 Å². The molecule has 0 aliphatic carbocycles. The fourth-order valence-electron chi connectivity index (χ4n) is 3.39. The van der Waals surface area contributed by atoms with Gasteiger partial charge in [-0.25, -0.2) is 0 Å². The maximum absolute atomic E-state index is 12.3. The molecular weight excluding hydrogens is 396 g/mol. The highest BCUT2D eigenvalue weighted by molar-refractivity contribution is 5.96. The van der Waals surface area contributed by atoms with Crippen molar-refractivity contribution in [2.75, 3.05) is 13.2 Å². The molecule has 0 aromatic heterocycles. The van der Waals surface area contributed by atoms with E-state index in [1.807, 2.05) is 39.8 Å². The molecule has 1 unspecified atom stereocenters. The molecule has 2 amide bonds. The Morgan fingerprint density at radius 3 is 2.58 bits per heavy atom. The molecule has 1 aliphatic rings. The molecule has 1 atom stereocenters. The molecule has 2 aromatic rings. The van der Waals surface area contributed by atoms with E-state index in [1.165, 1.54) is 0 Å². The van der Waals surface area contributed by atoms with Crippen molar-refractivity contribution in [1.29, 1.82) is 0 Å². The lowest BCUT2D eigenvalue weighted by atomic mass is 10.1. The minimum atomic E-state index is -0.318. The van der Waals surface area contributed by atoms with E-state index in [1.54, 1.807) is 24.3 Å². The average molecular weight is 427 g/mol. The van der Waals surface area contributed by atoms with Crippen LogP contribution in [0.25, 0.3) is 0 Å². The van der Waals surface area contributed by atoms with Crippen LogP contribution in [-0.4, -0.2) is 37.2 Å². The number of benzene rings is 2. The van der Waals surface area contributed by atoms with Crippen molar-refractivity contribution in [3.8, 4) is 17.2 Å². The van der Waals surface area contributed by atoms with Crippen molar-refractivity contribution in [1.82, 2.24) is 10.6 Å². The van der Waals surface area contributed by atoms with Crippen LogP contribution in [0.1, 0.15) is 49.2 Å². The summed E-state index contributed by atoms with van der Waals surface area (Å²) in [6.07, 6.45) is 1.04. The molecule has 31 heavy (non-hydrogen) atoms. The van der Waals surface area contributed by atoms with Crippen LogP contribution < -0.4 is 24.8 Å². The molecule has 0 radical (unpaired) electrons. The van der Waals surface area contributed by atoms with Gasteiger partial charge in [-0.2, -0.15) is 0 Å². The first-order valence-electron chi connectivity index (χ1n) is 10.6. The van der Waals surface area contributed by atoms with Crippen molar-refractivity contribution in [2.45, 2.75) is 52.9 Å². The summed E-state index contributed by atoms with van der Waals surface area (Å²) in [6.45, 7) is 8.52. The summed E-state index contributed by atoms with van der Waals surface area (Å²) in [5.41, 5.74) is 2.42. The largest absolute Gasteiger partial charge is 0.494 e. The Bertz CT molecular complexity index is 924. The monoisotopic (exact) mass is 426 g/mol. The quantitative estimate of drug-likeness (QED) is 0.643. The topological polar surface area (TPSA) is 85.9 Å². The molecule has 1 heterocycles. The minimum absolute atomic E-state index is 0.0623. The van der Waals surface area contributed by atoms with E-state index in [-0.39, 0.29) is 37.1 Å². The Kier molecular flexibility index (Phi) is 7.39. The van der Waals surface area contributed by atoms with Gasteiger partial charge in [-0.1, -0.05) is 0 Å². The van der Waals surface area contributed by atoms with E-state index in [9.17, 15) is 9.59 Å². The van der Waals surface area contributed by atoms with Gasteiger partial charge >= 0.3 is 0 Å². The fraction of sp³-hybridized carbons (Fsp3) is 0.417. The summed E-state index contributed by atoms with van der Waals surface area (Å²) in [5, 5.41) is 5.46. The predicted octanol–water partition coefficient (Wildman–Crippen LogP) is 3.24. The van der Waals surface area contributed by atoms with Crippen molar-refractivity contribution < 1.29 is 23.8 Å². The number of hydrogen-bond acceptors (Lipinski definition) is 5. The molecule has 166 valence electrons. The minimum Gasteiger partial charge on any atom is -0.494 e. The van der Waals surface area contributed by atoms with Gasteiger partial charge in [0.05, 0.1) is 19.3 Å². The molecule has 1 aliphatic heterocycles. The lowest BCUT2D eigenvalue weighted by Crippen LogP contribution is -2.36. The van der Waals surface area contributed by atoms with E-state index in [4.69, 9.17) is 14.2 Å². The number of fused-ring (bicyclic) bond motifs is 1. The van der Waals surface area contributed by atoms with Crippen molar-refractivity contribution >= 4 is 11.8 Å². The molecule has 2 aromatic carbocycles. The van der Waals surface area contributed by atoms with Gasteiger partial charge in [-0.3, -0.25) is 9.59 Å². The van der Waals surface area contributed by atoms with Crippen LogP contribution >= 0.6 is 0 Å². The number of ether oxygens (including phenoxy) is 3. The lowest BCUT2D eigenvalue weighted by molar-refractivity contribution is -0.120. The lowest BCUT2D eigenvalue weighted by Gasteiger charge is -2.14. The number of hydrogen-bond donors (Lipinski definition) is 2. The number of amides is 2. The molecular formula is C24H30N2O5. The third-order valence-corrected chi connectivity index (χ3v) is 4.75.